The minimum Gasteiger partial charge on any atom is -0.504 e. The highest BCUT2D eigenvalue weighted by Gasteiger charge is 2.25. The lowest BCUT2D eigenvalue weighted by atomic mass is 9.88. The molecule has 0 atom stereocenters. The van der Waals surface area contributed by atoms with Crippen molar-refractivity contribution in [2.75, 3.05) is 20.8 Å². The van der Waals surface area contributed by atoms with Gasteiger partial charge in [-0.05, 0) is 37.0 Å². The number of phenols is 1. The molecule has 1 saturated carbocycles. The first-order chi connectivity index (χ1) is 14.1. The van der Waals surface area contributed by atoms with Gasteiger partial charge in [-0.1, -0.05) is 19.3 Å². The van der Waals surface area contributed by atoms with Crippen molar-refractivity contribution in [3.05, 3.63) is 45.1 Å². The Morgan fingerprint density at radius 2 is 2.00 bits per heavy atom. The standard InChI is InChI=1S/C22H29N3O4/c1-28-19-11-14(10-18(26)20(19)29-2)12-25-9-8-16-17(13-25)23-21(24-22(16)27)15-6-4-3-5-7-15/h10-11,15,26H,3-9,12-13H2,1-2H3,(H,23,24,27). The number of methoxy groups -OCH3 is 2. The van der Waals surface area contributed by atoms with Crippen LogP contribution in [-0.4, -0.2) is 40.7 Å². The van der Waals surface area contributed by atoms with E-state index in [2.05, 4.69) is 9.88 Å². The molecule has 7 nitrogen and oxygen atoms in total. The molecular formula is C22H29N3O4. The summed E-state index contributed by atoms with van der Waals surface area (Å²) in [7, 11) is 3.06. The van der Waals surface area contributed by atoms with Gasteiger partial charge in [-0.3, -0.25) is 9.69 Å². The van der Waals surface area contributed by atoms with Crippen LogP contribution >= 0.6 is 0 Å². The van der Waals surface area contributed by atoms with Crippen LogP contribution in [0.3, 0.4) is 0 Å². The van der Waals surface area contributed by atoms with E-state index in [-0.39, 0.29) is 11.3 Å². The number of hydrogen-bond acceptors (Lipinski definition) is 6. The Hall–Kier alpha value is -2.54. The first kappa shape index (κ1) is 19.8. The number of aromatic amines is 1. The van der Waals surface area contributed by atoms with E-state index in [0.717, 1.165) is 42.0 Å². The largest absolute Gasteiger partial charge is 0.504 e. The fraction of sp³-hybridized carbons (Fsp3) is 0.545. The fourth-order valence-corrected chi connectivity index (χ4v) is 4.57. The zero-order valence-electron chi connectivity index (χ0n) is 17.2. The maximum absolute atomic E-state index is 12.6. The summed E-state index contributed by atoms with van der Waals surface area (Å²) in [6.45, 7) is 2.05. The molecular weight excluding hydrogens is 370 g/mol. The predicted octanol–water partition coefficient (Wildman–Crippen LogP) is 3.10. The van der Waals surface area contributed by atoms with Crippen LogP contribution in [0.4, 0.5) is 0 Å². The van der Waals surface area contributed by atoms with Gasteiger partial charge in [-0.25, -0.2) is 4.98 Å². The second-order valence-electron chi connectivity index (χ2n) is 8.02. The van der Waals surface area contributed by atoms with Crippen LogP contribution in [0, 0.1) is 0 Å². The van der Waals surface area contributed by atoms with Crippen molar-refractivity contribution in [2.45, 2.75) is 57.5 Å². The van der Waals surface area contributed by atoms with Gasteiger partial charge in [0, 0.05) is 31.1 Å². The summed E-state index contributed by atoms with van der Waals surface area (Å²) in [5.41, 5.74) is 2.67. The Kier molecular flexibility index (Phi) is 5.76. The number of aromatic hydroxyl groups is 1. The molecule has 0 radical (unpaired) electrons. The third-order valence-electron chi connectivity index (χ3n) is 6.09. The highest BCUT2D eigenvalue weighted by molar-refractivity contribution is 5.53. The average molecular weight is 399 g/mol. The van der Waals surface area contributed by atoms with Gasteiger partial charge in [0.25, 0.3) is 5.56 Å². The van der Waals surface area contributed by atoms with Crippen LogP contribution in [0.5, 0.6) is 17.2 Å². The summed E-state index contributed by atoms with van der Waals surface area (Å²) >= 11 is 0. The number of rotatable bonds is 5. The van der Waals surface area contributed by atoms with Crippen molar-refractivity contribution in [3.8, 4) is 17.2 Å². The minimum atomic E-state index is 0.0268. The van der Waals surface area contributed by atoms with E-state index in [1.165, 1.54) is 26.4 Å². The molecule has 2 heterocycles. The van der Waals surface area contributed by atoms with Gasteiger partial charge in [0.05, 0.1) is 19.9 Å². The van der Waals surface area contributed by atoms with Crippen LogP contribution in [0.25, 0.3) is 0 Å². The quantitative estimate of drug-likeness (QED) is 0.803. The Morgan fingerprint density at radius 1 is 1.21 bits per heavy atom. The van der Waals surface area contributed by atoms with Crippen LogP contribution in [0.15, 0.2) is 16.9 Å². The first-order valence-electron chi connectivity index (χ1n) is 10.4. The molecule has 1 aliphatic carbocycles. The number of fused-ring (bicyclic) bond motifs is 1. The summed E-state index contributed by atoms with van der Waals surface area (Å²) in [4.78, 5) is 22.8. The normalized spacial score (nSPS) is 17.7. The molecule has 1 aliphatic heterocycles. The first-order valence-corrected chi connectivity index (χ1v) is 10.4. The van der Waals surface area contributed by atoms with Crippen molar-refractivity contribution in [2.24, 2.45) is 0 Å². The molecule has 156 valence electrons. The lowest BCUT2D eigenvalue weighted by molar-refractivity contribution is 0.238. The summed E-state index contributed by atoms with van der Waals surface area (Å²) < 4.78 is 10.5. The minimum absolute atomic E-state index is 0.0268. The van der Waals surface area contributed by atoms with Crippen molar-refractivity contribution in [1.29, 1.82) is 0 Å². The third-order valence-corrected chi connectivity index (χ3v) is 6.09. The predicted molar refractivity (Wildman–Crippen MR) is 110 cm³/mol. The number of benzene rings is 1. The molecule has 0 amide bonds. The summed E-state index contributed by atoms with van der Waals surface area (Å²) in [6, 6.07) is 3.59. The lowest BCUT2D eigenvalue weighted by Gasteiger charge is -2.29. The van der Waals surface area contributed by atoms with Crippen molar-refractivity contribution in [3.63, 3.8) is 0 Å². The number of nitrogens with one attached hydrogen (secondary N) is 1. The Morgan fingerprint density at radius 3 is 2.72 bits per heavy atom. The molecule has 0 bridgehead atoms. The van der Waals surface area contributed by atoms with Crippen molar-refractivity contribution >= 4 is 0 Å². The van der Waals surface area contributed by atoms with Gasteiger partial charge < -0.3 is 19.6 Å². The molecule has 1 aromatic carbocycles. The Labute approximate surface area is 170 Å². The number of nitrogens with zero attached hydrogens (tertiary/aromatic N) is 2. The third kappa shape index (κ3) is 4.10. The smallest absolute Gasteiger partial charge is 0.254 e. The maximum atomic E-state index is 12.6. The zero-order valence-corrected chi connectivity index (χ0v) is 17.2. The molecule has 4 rings (SSSR count). The van der Waals surface area contributed by atoms with Crippen LogP contribution in [-0.2, 0) is 19.5 Å². The van der Waals surface area contributed by atoms with Crippen LogP contribution in [0.1, 0.15) is 60.7 Å². The number of H-pyrrole nitrogens is 1. The molecule has 7 heteroatoms. The highest BCUT2D eigenvalue weighted by atomic mass is 16.5. The molecule has 0 spiro atoms. The van der Waals surface area contributed by atoms with Crippen molar-refractivity contribution < 1.29 is 14.6 Å². The number of ether oxygens (including phenoxy) is 2. The van der Waals surface area contributed by atoms with Gasteiger partial charge in [-0.15, -0.1) is 0 Å². The topological polar surface area (TPSA) is 87.7 Å². The SMILES string of the molecule is COc1cc(CN2CCc3c(nc(C4CCCCC4)[nH]c3=O)C2)cc(O)c1OC. The Bertz CT molecular complexity index is 934. The van der Waals surface area contributed by atoms with Gasteiger partial charge in [0.1, 0.15) is 5.82 Å². The number of hydrogen-bond donors (Lipinski definition) is 2. The van der Waals surface area contributed by atoms with E-state index in [0.29, 0.717) is 36.9 Å². The number of phenolic OH excluding ortho intramolecular Hbond substituents is 1. The second-order valence-corrected chi connectivity index (χ2v) is 8.02. The van der Waals surface area contributed by atoms with E-state index in [9.17, 15) is 9.90 Å². The van der Waals surface area contributed by atoms with Gasteiger partial charge in [-0.2, -0.15) is 0 Å². The fourth-order valence-electron chi connectivity index (χ4n) is 4.57. The summed E-state index contributed by atoms with van der Waals surface area (Å²) in [6.07, 6.45) is 6.59. The zero-order chi connectivity index (χ0) is 20.4. The second kappa shape index (κ2) is 8.45. The average Bonchev–Trinajstić information content (AvgIpc) is 2.73. The van der Waals surface area contributed by atoms with Gasteiger partial charge >= 0.3 is 0 Å². The molecule has 0 saturated heterocycles. The molecule has 2 N–H and O–H groups in total. The molecule has 2 aliphatic rings. The van der Waals surface area contributed by atoms with Gasteiger partial charge in [0.15, 0.2) is 11.5 Å². The van der Waals surface area contributed by atoms with E-state index < -0.39 is 0 Å². The van der Waals surface area contributed by atoms with Crippen molar-refractivity contribution in [1.82, 2.24) is 14.9 Å². The number of aromatic nitrogens is 2. The monoisotopic (exact) mass is 399 g/mol. The highest BCUT2D eigenvalue weighted by Crippen LogP contribution is 2.38. The maximum Gasteiger partial charge on any atom is 0.254 e. The molecule has 0 unspecified atom stereocenters. The lowest BCUT2D eigenvalue weighted by Crippen LogP contribution is -2.35. The van der Waals surface area contributed by atoms with E-state index >= 15 is 0 Å². The Balaban J connectivity index is 1.54. The summed E-state index contributed by atoms with van der Waals surface area (Å²) in [5, 5.41) is 10.2. The van der Waals surface area contributed by atoms with E-state index in [1.807, 2.05) is 6.07 Å². The van der Waals surface area contributed by atoms with Crippen LogP contribution in [0.2, 0.25) is 0 Å². The molecule has 1 fully saturated rings. The summed E-state index contributed by atoms with van der Waals surface area (Å²) in [5.74, 6) is 2.15. The van der Waals surface area contributed by atoms with Gasteiger partial charge in [0.2, 0.25) is 5.75 Å². The molecule has 2 aromatic rings. The van der Waals surface area contributed by atoms with E-state index in [4.69, 9.17) is 14.5 Å². The molecule has 29 heavy (non-hydrogen) atoms. The van der Waals surface area contributed by atoms with Crippen LogP contribution < -0.4 is 15.0 Å². The molecule has 1 aromatic heterocycles. The van der Waals surface area contributed by atoms with E-state index in [1.54, 1.807) is 13.2 Å².